The Morgan fingerprint density at radius 2 is 2.00 bits per heavy atom. The van der Waals surface area contributed by atoms with Crippen LogP contribution in [0.5, 0.6) is 5.75 Å². The first-order valence-corrected chi connectivity index (χ1v) is 7.82. The third-order valence-corrected chi connectivity index (χ3v) is 3.86. The molecular formula is C16H17NO5S. The number of ether oxygens (including phenoxy) is 2. The molecule has 1 aromatic rings. The Hall–Kier alpha value is -2.28. The van der Waals surface area contributed by atoms with Crippen LogP contribution >= 0.6 is 11.8 Å². The Bertz CT molecular complexity index is 668. The second-order valence-electron chi connectivity index (χ2n) is 5.05. The van der Waals surface area contributed by atoms with Crippen molar-refractivity contribution in [1.82, 2.24) is 4.90 Å². The number of para-hydroxylation sites is 1. The fourth-order valence-electron chi connectivity index (χ4n) is 1.99. The predicted molar refractivity (Wildman–Crippen MR) is 86.9 cm³/mol. The highest BCUT2D eigenvalue weighted by atomic mass is 32.2. The van der Waals surface area contributed by atoms with Crippen LogP contribution < -0.4 is 4.74 Å². The number of hydrogen-bond donors (Lipinski definition) is 0. The van der Waals surface area contributed by atoms with Crippen LogP contribution in [0, 0.1) is 0 Å². The highest BCUT2D eigenvalue weighted by Crippen LogP contribution is 2.33. The maximum absolute atomic E-state index is 12.3. The molecule has 0 spiro atoms. The quantitative estimate of drug-likeness (QED) is 0.608. The summed E-state index contributed by atoms with van der Waals surface area (Å²) in [7, 11) is 1.53. The molecule has 2 rings (SSSR count). The van der Waals surface area contributed by atoms with Crippen LogP contribution in [-0.4, -0.2) is 41.8 Å². The van der Waals surface area contributed by atoms with Gasteiger partial charge in [-0.15, -0.1) is 0 Å². The average Bonchev–Trinajstić information content (AvgIpc) is 2.74. The average molecular weight is 335 g/mol. The van der Waals surface area contributed by atoms with Crippen molar-refractivity contribution < 1.29 is 23.9 Å². The number of thioether (sulfide) groups is 1. The largest absolute Gasteiger partial charge is 0.496 e. The van der Waals surface area contributed by atoms with Crippen LogP contribution in [0.15, 0.2) is 29.2 Å². The van der Waals surface area contributed by atoms with E-state index in [1.54, 1.807) is 38.1 Å². The summed E-state index contributed by atoms with van der Waals surface area (Å²) < 4.78 is 10.2. The molecule has 0 radical (unpaired) electrons. The van der Waals surface area contributed by atoms with Crippen molar-refractivity contribution in [2.75, 3.05) is 13.7 Å². The molecule has 1 saturated heterocycles. The van der Waals surface area contributed by atoms with Crippen molar-refractivity contribution in [3.63, 3.8) is 0 Å². The molecule has 0 saturated carbocycles. The molecule has 0 aromatic heterocycles. The molecule has 0 atom stereocenters. The van der Waals surface area contributed by atoms with E-state index < -0.39 is 17.1 Å². The molecule has 1 aliphatic rings. The molecule has 1 fully saturated rings. The molecule has 0 unspecified atom stereocenters. The first kappa shape index (κ1) is 17.1. The minimum absolute atomic E-state index is 0.247. The number of benzene rings is 1. The number of imide groups is 1. The van der Waals surface area contributed by atoms with E-state index in [0.717, 1.165) is 16.7 Å². The van der Waals surface area contributed by atoms with Gasteiger partial charge in [-0.05, 0) is 37.8 Å². The van der Waals surface area contributed by atoms with Crippen molar-refractivity contribution in [1.29, 1.82) is 0 Å². The van der Waals surface area contributed by atoms with E-state index in [9.17, 15) is 14.4 Å². The van der Waals surface area contributed by atoms with Crippen LogP contribution in [0.4, 0.5) is 4.79 Å². The summed E-state index contributed by atoms with van der Waals surface area (Å²) in [5, 5.41) is -0.489. The molecule has 7 heteroatoms. The minimum Gasteiger partial charge on any atom is -0.496 e. The van der Waals surface area contributed by atoms with Crippen molar-refractivity contribution in [3.05, 3.63) is 34.7 Å². The van der Waals surface area contributed by atoms with Gasteiger partial charge in [0, 0.05) is 5.56 Å². The zero-order valence-corrected chi connectivity index (χ0v) is 13.9. The first-order valence-electron chi connectivity index (χ1n) is 7.00. The van der Waals surface area contributed by atoms with Crippen LogP contribution in [0.1, 0.15) is 19.4 Å². The van der Waals surface area contributed by atoms with Crippen molar-refractivity contribution in [2.24, 2.45) is 0 Å². The number of carbonyl (C=O) groups is 3. The van der Waals surface area contributed by atoms with E-state index >= 15 is 0 Å². The summed E-state index contributed by atoms with van der Waals surface area (Å²) in [4.78, 5) is 37.0. The zero-order chi connectivity index (χ0) is 17.0. The number of carbonyl (C=O) groups excluding carboxylic acids is 3. The lowest BCUT2D eigenvalue weighted by atomic mass is 10.2. The Balaban J connectivity index is 2.17. The summed E-state index contributed by atoms with van der Waals surface area (Å²) in [6, 6.07) is 7.15. The first-order chi connectivity index (χ1) is 10.9. The van der Waals surface area contributed by atoms with Gasteiger partial charge >= 0.3 is 5.97 Å². The van der Waals surface area contributed by atoms with Gasteiger partial charge in [-0.1, -0.05) is 18.2 Å². The summed E-state index contributed by atoms with van der Waals surface area (Å²) in [5.41, 5.74) is 0.685. The van der Waals surface area contributed by atoms with Gasteiger partial charge in [-0.25, -0.2) is 0 Å². The zero-order valence-electron chi connectivity index (χ0n) is 13.1. The monoisotopic (exact) mass is 335 g/mol. The van der Waals surface area contributed by atoms with E-state index in [1.807, 2.05) is 6.07 Å². The molecule has 0 bridgehead atoms. The highest BCUT2D eigenvalue weighted by molar-refractivity contribution is 8.18. The topological polar surface area (TPSA) is 72.9 Å². The molecular weight excluding hydrogens is 318 g/mol. The SMILES string of the molecule is COc1ccccc1/C=C1/SC(=O)N(CC(=O)OC(C)C)C1=O. The van der Waals surface area contributed by atoms with Gasteiger partial charge in [0.15, 0.2) is 0 Å². The number of nitrogens with zero attached hydrogens (tertiary/aromatic N) is 1. The standard InChI is InChI=1S/C16H17NO5S/c1-10(2)22-14(18)9-17-15(19)13(23-16(17)20)8-11-6-4-5-7-12(11)21-3/h4-8,10H,9H2,1-3H3/b13-8+. The number of methoxy groups -OCH3 is 1. The third-order valence-electron chi connectivity index (χ3n) is 2.95. The summed E-state index contributed by atoms with van der Waals surface area (Å²) in [6.45, 7) is 3.02. The number of rotatable bonds is 5. The number of hydrogen-bond acceptors (Lipinski definition) is 6. The number of esters is 1. The Morgan fingerprint density at radius 1 is 1.30 bits per heavy atom. The van der Waals surface area contributed by atoms with Gasteiger partial charge in [-0.3, -0.25) is 19.3 Å². The minimum atomic E-state index is -0.610. The van der Waals surface area contributed by atoms with E-state index in [0.29, 0.717) is 11.3 Å². The fraction of sp³-hybridized carbons (Fsp3) is 0.312. The Labute approximate surface area is 138 Å². The maximum Gasteiger partial charge on any atom is 0.326 e. The van der Waals surface area contributed by atoms with Gasteiger partial charge in [0.2, 0.25) is 0 Å². The van der Waals surface area contributed by atoms with E-state index in [-0.39, 0.29) is 17.6 Å². The van der Waals surface area contributed by atoms with E-state index in [1.165, 1.54) is 7.11 Å². The molecule has 6 nitrogen and oxygen atoms in total. The van der Waals surface area contributed by atoms with Crippen LogP contribution in [0.25, 0.3) is 6.08 Å². The Kier molecular flexibility index (Phi) is 5.44. The molecule has 0 N–H and O–H groups in total. The molecule has 1 heterocycles. The highest BCUT2D eigenvalue weighted by Gasteiger charge is 2.36. The lowest BCUT2D eigenvalue weighted by Gasteiger charge is -2.13. The van der Waals surface area contributed by atoms with Crippen molar-refractivity contribution in [2.45, 2.75) is 20.0 Å². The van der Waals surface area contributed by atoms with Crippen LogP contribution in [0.3, 0.4) is 0 Å². The lowest BCUT2D eigenvalue weighted by molar-refractivity contribution is -0.149. The summed E-state index contributed by atoms with van der Waals surface area (Å²) in [6.07, 6.45) is 1.28. The molecule has 1 aromatic carbocycles. The lowest BCUT2D eigenvalue weighted by Crippen LogP contribution is -2.35. The van der Waals surface area contributed by atoms with Gasteiger partial charge in [0.1, 0.15) is 12.3 Å². The summed E-state index contributed by atoms with van der Waals surface area (Å²) >= 11 is 0.792. The third kappa shape index (κ3) is 4.13. The van der Waals surface area contributed by atoms with E-state index in [4.69, 9.17) is 9.47 Å². The number of amides is 2. The molecule has 2 amide bonds. The van der Waals surface area contributed by atoms with Gasteiger partial charge in [-0.2, -0.15) is 0 Å². The Morgan fingerprint density at radius 3 is 2.65 bits per heavy atom. The van der Waals surface area contributed by atoms with Crippen LogP contribution in [0.2, 0.25) is 0 Å². The fourth-order valence-corrected chi connectivity index (χ4v) is 2.82. The smallest absolute Gasteiger partial charge is 0.326 e. The van der Waals surface area contributed by atoms with Gasteiger partial charge < -0.3 is 9.47 Å². The summed E-state index contributed by atoms with van der Waals surface area (Å²) in [5.74, 6) is -0.522. The maximum atomic E-state index is 12.3. The molecule has 23 heavy (non-hydrogen) atoms. The molecule has 0 aliphatic carbocycles. The van der Waals surface area contributed by atoms with E-state index in [2.05, 4.69) is 0 Å². The molecule has 1 aliphatic heterocycles. The molecule has 122 valence electrons. The van der Waals surface area contributed by atoms with Crippen molar-refractivity contribution >= 4 is 35.0 Å². The van der Waals surface area contributed by atoms with Gasteiger partial charge in [0.05, 0.1) is 18.1 Å². The second kappa shape index (κ2) is 7.32. The van der Waals surface area contributed by atoms with Crippen LogP contribution in [-0.2, 0) is 14.3 Å². The normalized spacial score (nSPS) is 16.3. The van der Waals surface area contributed by atoms with Gasteiger partial charge in [0.25, 0.3) is 11.1 Å². The van der Waals surface area contributed by atoms with Crippen molar-refractivity contribution in [3.8, 4) is 5.75 Å². The predicted octanol–water partition coefficient (Wildman–Crippen LogP) is 2.68. The second-order valence-corrected chi connectivity index (χ2v) is 6.04.